The van der Waals surface area contributed by atoms with Crippen LogP contribution in [0.4, 0.5) is 5.69 Å². The Labute approximate surface area is 147 Å². The van der Waals surface area contributed by atoms with Crippen LogP contribution in [0.3, 0.4) is 0 Å². The van der Waals surface area contributed by atoms with Gasteiger partial charge in [0.15, 0.2) is 0 Å². The zero-order valence-corrected chi connectivity index (χ0v) is 14.2. The third kappa shape index (κ3) is 4.67. The molecule has 6 heteroatoms. The minimum absolute atomic E-state index is 0.259. The largest absolute Gasteiger partial charge is 0.550 e. The highest BCUT2D eigenvalue weighted by atomic mass is 16.5. The molecule has 2 aliphatic rings. The fourth-order valence-electron chi connectivity index (χ4n) is 3.43. The molecule has 25 heavy (non-hydrogen) atoms. The van der Waals surface area contributed by atoms with Crippen LogP contribution in [-0.2, 0) is 20.9 Å². The van der Waals surface area contributed by atoms with Crippen molar-refractivity contribution in [2.75, 3.05) is 31.6 Å². The Kier molecular flexibility index (Phi) is 5.83. The molecule has 0 saturated carbocycles. The number of carboxylic acids is 1. The molecule has 0 radical (unpaired) electrons. The van der Waals surface area contributed by atoms with Crippen LogP contribution in [0.5, 0.6) is 0 Å². The number of rotatable bonds is 5. The average molecular weight is 344 g/mol. The summed E-state index contributed by atoms with van der Waals surface area (Å²) in [5, 5.41) is 14.1. The van der Waals surface area contributed by atoms with Gasteiger partial charge < -0.3 is 24.9 Å². The number of carbonyl (C=O) groups excluding carboxylic acids is 2. The van der Waals surface area contributed by atoms with Gasteiger partial charge in [-0.05, 0) is 25.0 Å². The second kappa shape index (κ2) is 8.27. The summed E-state index contributed by atoms with van der Waals surface area (Å²) < 4.78 is 5.36. The Balaban J connectivity index is 1.57. The fourth-order valence-corrected chi connectivity index (χ4v) is 3.43. The predicted octanol–water partition coefficient (Wildman–Crippen LogP) is -0.627. The van der Waals surface area contributed by atoms with E-state index >= 15 is 0 Å². The van der Waals surface area contributed by atoms with E-state index in [0.717, 1.165) is 32.8 Å². The Morgan fingerprint density at radius 2 is 1.72 bits per heavy atom. The van der Waals surface area contributed by atoms with Crippen molar-refractivity contribution in [3.63, 3.8) is 0 Å². The number of anilines is 1. The number of allylic oxidation sites excluding steroid dienone is 2. The normalized spacial score (nSPS) is 24.0. The number of amides is 1. The third-order valence-electron chi connectivity index (χ3n) is 4.95. The summed E-state index contributed by atoms with van der Waals surface area (Å²) in [4.78, 5) is 25.1. The van der Waals surface area contributed by atoms with Gasteiger partial charge in [-0.15, -0.1) is 0 Å². The topological polar surface area (TPSA) is 82.9 Å². The Morgan fingerprint density at radius 1 is 1.08 bits per heavy atom. The molecule has 0 aromatic heterocycles. The fraction of sp³-hybridized carbons (Fsp3) is 0.474. The SMILES string of the molecule is O=C([O-])[C@H]1CC=CC[C@@H]1C(=O)Nc1ccc(C[NH+]2CCOCC2)cc1. The van der Waals surface area contributed by atoms with Crippen LogP contribution < -0.4 is 15.3 Å². The van der Waals surface area contributed by atoms with E-state index in [1.807, 2.05) is 30.3 Å². The molecule has 1 fully saturated rings. The lowest BCUT2D eigenvalue weighted by Crippen LogP contribution is -3.12. The molecule has 1 amide bonds. The molecule has 1 aromatic carbocycles. The highest BCUT2D eigenvalue weighted by Crippen LogP contribution is 2.26. The van der Waals surface area contributed by atoms with Crippen LogP contribution in [0.15, 0.2) is 36.4 Å². The first-order chi connectivity index (χ1) is 12.1. The number of ether oxygens (including phenoxy) is 1. The lowest BCUT2D eigenvalue weighted by Gasteiger charge is -2.28. The number of quaternary nitrogens is 1. The van der Waals surface area contributed by atoms with E-state index in [2.05, 4.69) is 5.32 Å². The Bertz CT molecular complexity index is 635. The minimum Gasteiger partial charge on any atom is -0.550 e. The minimum atomic E-state index is -1.16. The summed E-state index contributed by atoms with van der Waals surface area (Å²) in [6.45, 7) is 4.58. The summed E-state index contributed by atoms with van der Waals surface area (Å²) in [5.41, 5.74) is 1.90. The van der Waals surface area contributed by atoms with E-state index < -0.39 is 17.8 Å². The van der Waals surface area contributed by atoms with Crippen molar-refractivity contribution in [2.45, 2.75) is 19.4 Å². The molecule has 1 aliphatic heterocycles. The van der Waals surface area contributed by atoms with Gasteiger partial charge in [0.1, 0.15) is 19.6 Å². The van der Waals surface area contributed by atoms with Crippen LogP contribution in [0.25, 0.3) is 0 Å². The quantitative estimate of drug-likeness (QED) is 0.697. The molecule has 2 atom stereocenters. The molecule has 2 N–H and O–H groups in total. The van der Waals surface area contributed by atoms with Gasteiger partial charge in [-0.3, -0.25) is 4.79 Å². The molecule has 1 heterocycles. The maximum atomic E-state index is 12.4. The van der Waals surface area contributed by atoms with Gasteiger partial charge in [0.2, 0.25) is 5.91 Å². The molecule has 0 spiro atoms. The van der Waals surface area contributed by atoms with Crippen LogP contribution in [0.2, 0.25) is 0 Å². The van der Waals surface area contributed by atoms with Crippen molar-refractivity contribution in [3.05, 3.63) is 42.0 Å². The van der Waals surface area contributed by atoms with Crippen LogP contribution in [0.1, 0.15) is 18.4 Å². The van der Waals surface area contributed by atoms with E-state index in [9.17, 15) is 14.7 Å². The van der Waals surface area contributed by atoms with Gasteiger partial charge in [0.25, 0.3) is 0 Å². The zero-order chi connectivity index (χ0) is 17.6. The highest BCUT2D eigenvalue weighted by molar-refractivity contribution is 5.95. The molecular formula is C19H24N2O4. The summed E-state index contributed by atoms with van der Waals surface area (Å²) in [7, 11) is 0. The molecule has 0 unspecified atom stereocenters. The lowest BCUT2D eigenvalue weighted by molar-refractivity contribution is -0.921. The van der Waals surface area contributed by atoms with Gasteiger partial charge in [-0.1, -0.05) is 24.3 Å². The number of nitrogens with one attached hydrogen (secondary N) is 2. The summed E-state index contributed by atoms with van der Waals surface area (Å²) in [5.74, 6) is -2.75. The van der Waals surface area contributed by atoms with Gasteiger partial charge in [-0.25, -0.2) is 0 Å². The van der Waals surface area contributed by atoms with Crippen LogP contribution in [-0.4, -0.2) is 38.2 Å². The lowest BCUT2D eigenvalue weighted by atomic mass is 9.82. The molecule has 3 rings (SSSR count). The van der Waals surface area contributed by atoms with Crippen molar-refractivity contribution >= 4 is 17.6 Å². The zero-order valence-electron chi connectivity index (χ0n) is 14.2. The number of hydrogen-bond donors (Lipinski definition) is 2. The summed E-state index contributed by atoms with van der Waals surface area (Å²) in [6.07, 6.45) is 4.44. The van der Waals surface area contributed by atoms with Crippen molar-refractivity contribution in [1.82, 2.24) is 0 Å². The highest BCUT2D eigenvalue weighted by Gasteiger charge is 2.29. The van der Waals surface area contributed by atoms with E-state index in [-0.39, 0.29) is 5.91 Å². The maximum Gasteiger partial charge on any atom is 0.228 e. The second-order valence-electron chi connectivity index (χ2n) is 6.70. The standard InChI is InChI=1S/C19H24N2O4/c22-18(16-3-1-2-4-17(16)19(23)24)20-15-7-5-14(6-8-15)13-21-9-11-25-12-10-21/h1-2,5-8,16-17H,3-4,9-13H2,(H,20,22)(H,23,24)/t16-,17-/m0/s1. The predicted molar refractivity (Wildman–Crippen MR) is 90.7 cm³/mol. The van der Waals surface area contributed by atoms with Crippen LogP contribution in [0, 0.1) is 11.8 Å². The molecule has 1 aliphatic carbocycles. The van der Waals surface area contributed by atoms with Crippen molar-refractivity contribution in [1.29, 1.82) is 0 Å². The van der Waals surface area contributed by atoms with Crippen molar-refractivity contribution < 1.29 is 24.3 Å². The number of morpholine rings is 1. The van der Waals surface area contributed by atoms with Gasteiger partial charge in [0.05, 0.1) is 19.1 Å². The molecule has 0 bridgehead atoms. The Hall–Kier alpha value is -2.18. The van der Waals surface area contributed by atoms with Gasteiger partial charge in [0, 0.05) is 23.1 Å². The first kappa shape index (κ1) is 17.6. The third-order valence-corrected chi connectivity index (χ3v) is 4.95. The molecule has 134 valence electrons. The molecular weight excluding hydrogens is 320 g/mol. The second-order valence-corrected chi connectivity index (χ2v) is 6.70. The molecule has 6 nitrogen and oxygen atoms in total. The van der Waals surface area contributed by atoms with Gasteiger partial charge >= 0.3 is 0 Å². The van der Waals surface area contributed by atoms with Gasteiger partial charge in [-0.2, -0.15) is 0 Å². The molecule has 1 aromatic rings. The number of aliphatic carboxylic acids is 1. The number of hydrogen-bond acceptors (Lipinski definition) is 4. The summed E-state index contributed by atoms with van der Waals surface area (Å²) >= 11 is 0. The van der Waals surface area contributed by atoms with Crippen LogP contribution >= 0.6 is 0 Å². The number of carboxylic acid groups (broad SMARTS) is 1. The maximum absolute atomic E-state index is 12.4. The summed E-state index contributed by atoms with van der Waals surface area (Å²) in [6, 6.07) is 7.77. The first-order valence-corrected chi connectivity index (χ1v) is 8.80. The van der Waals surface area contributed by atoms with E-state index in [1.54, 1.807) is 6.08 Å². The van der Waals surface area contributed by atoms with E-state index in [1.165, 1.54) is 10.5 Å². The monoisotopic (exact) mass is 344 g/mol. The van der Waals surface area contributed by atoms with E-state index in [0.29, 0.717) is 18.5 Å². The van der Waals surface area contributed by atoms with Crippen molar-refractivity contribution in [3.8, 4) is 0 Å². The number of benzene rings is 1. The molecule has 1 saturated heterocycles. The number of carbonyl (C=O) groups is 2. The smallest absolute Gasteiger partial charge is 0.228 e. The average Bonchev–Trinajstić information content (AvgIpc) is 2.64. The Morgan fingerprint density at radius 3 is 2.36 bits per heavy atom. The first-order valence-electron chi connectivity index (χ1n) is 8.80. The van der Waals surface area contributed by atoms with Crippen molar-refractivity contribution in [2.24, 2.45) is 11.8 Å². The van der Waals surface area contributed by atoms with E-state index in [4.69, 9.17) is 4.74 Å².